The second-order valence-electron chi connectivity index (χ2n) is 6.39. The molecule has 6 nitrogen and oxygen atoms in total. The molecule has 1 saturated heterocycles. The van der Waals surface area contributed by atoms with Crippen molar-refractivity contribution in [1.29, 1.82) is 0 Å². The molecule has 0 radical (unpaired) electrons. The van der Waals surface area contributed by atoms with E-state index in [4.69, 9.17) is 4.42 Å². The highest BCUT2D eigenvalue weighted by Crippen LogP contribution is 2.26. The van der Waals surface area contributed by atoms with Gasteiger partial charge in [0.15, 0.2) is 0 Å². The van der Waals surface area contributed by atoms with Crippen molar-refractivity contribution in [3.8, 4) is 0 Å². The topological polar surface area (TPSA) is 67.3 Å². The molecule has 3 heterocycles. The van der Waals surface area contributed by atoms with Crippen LogP contribution in [0.15, 0.2) is 47.1 Å². The molecule has 1 N–H and O–H groups in total. The zero-order valence-electron chi connectivity index (χ0n) is 12.9. The smallest absolute Gasteiger partial charge is 0.134 e. The predicted molar refractivity (Wildman–Crippen MR) is 85.7 cm³/mol. The first-order chi connectivity index (χ1) is 11.2. The van der Waals surface area contributed by atoms with E-state index in [9.17, 15) is 5.11 Å². The molecule has 3 aromatic rings. The van der Waals surface area contributed by atoms with Gasteiger partial charge in [-0.1, -0.05) is 23.4 Å². The quantitative estimate of drug-likeness (QED) is 0.798. The number of aliphatic hydroxyl groups is 1. The van der Waals surface area contributed by atoms with Gasteiger partial charge in [-0.3, -0.25) is 4.90 Å². The van der Waals surface area contributed by atoms with Crippen molar-refractivity contribution < 1.29 is 9.52 Å². The van der Waals surface area contributed by atoms with Crippen molar-refractivity contribution in [3.05, 3.63) is 48.5 Å². The lowest BCUT2D eigenvalue weighted by atomic mass is 9.92. The Morgan fingerprint density at radius 3 is 3.04 bits per heavy atom. The van der Waals surface area contributed by atoms with Crippen molar-refractivity contribution in [2.75, 3.05) is 13.1 Å². The molecule has 1 atom stereocenters. The summed E-state index contributed by atoms with van der Waals surface area (Å²) in [5.74, 6) is 0.941. The molecule has 1 aliphatic heterocycles. The average Bonchev–Trinajstić information content (AvgIpc) is 3.15. The maximum absolute atomic E-state index is 10.9. The van der Waals surface area contributed by atoms with Crippen LogP contribution in [0.3, 0.4) is 0 Å². The summed E-state index contributed by atoms with van der Waals surface area (Å²) < 4.78 is 7.59. The van der Waals surface area contributed by atoms with E-state index in [1.54, 1.807) is 17.1 Å². The van der Waals surface area contributed by atoms with E-state index >= 15 is 0 Å². The van der Waals surface area contributed by atoms with E-state index in [0.717, 1.165) is 36.1 Å². The van der Waals surface area contributed by atoms with Crippen molar-refractivity contribution in [3.63, 3.8) is 0 Å². The van der Waals surface area contributed by atoms with E-state index < -0.39 is 5.60 Å². The van der Waals surface area contributed by atoms with Crippen molar-refractivity contribution in [2.45, 2.75) is 31.5 Å². The van der Waals surface area contributed by atoms with E-state index in [1.807, 2.05) is 18.2 Å². The maximum Gasteiger partial charge on any atom is 0.134 e. The molecule has 23 heavy (non-hydrogen) atoms. The minimum atomic E-state index is -0.766. The van der Waals surface area contributed by atoms with Crippen LogP contribution in [0.1, 0.15) is 18.6 Å². The number of piperidine rings is 1. The van der Waals surface area contributed by atoms with Gasteiger partial charge in [0, 0.05) is 18.1 Å². The lowest BCUT2D eigenvalue weighted by Gasteiger charge is -2.38. The molecule has 1 unspecified atom stereocenters. The number of para-hydroxylation sites is 1. The second-order valence-corrected chi connectivity index (χ2v) is 6.39. The number of fused-ring (bicyclic) bond motifs is 1. The SMILES string of the molecule is OC1(Cn2ccnn2)CCCN(Cc2cc3ccccc3o2)C1. The van der Waals surface area contributed by atoms with Crippen LogP contribution in [0.25, 0.3) is 11.0 Å². The highest BCUT2D eigenvalue weighted by Gasteiger charge is 2.34. The minimum Gasteiger partial charge on any atom is -0.460 e. The molecule has 120 valence electrons. The van der Waals surface area contributed by atoms with Gasteiger partial charge in [-0.15, -0.1) is 5.10 Å². The second kappa shape index (κ2) is 5.79. The Kier molecular flexibility index (Phi) is 3.63. The number of rotatable bonds is 4. The normalized spacial score (nSPS) is 22.7. The van der Waals surface area contributed by atoms with Crippen molar-refractivity contribution in [2.24, 2.45) is 0 Å². The monoisotopic (exact) mass is 312 g/mol. The molecule has 0 amide bonds. The van der Waals surface area contributed by atoms with Gasteiger partial charge in [0.25, 0.3) is 0 Å². The number of hydrogen-bond donors (Lipinski definition) is 1. The number of hydrogen-bond acceptors (Lipinski definition) is 5. The molecule has 1 aromatic carbocycles. The first-order valence-electron chi connectivity index (χ1n) is 7.97. The molecule has 1 fully saturated rings. The Bertz CT molecular complexity index is 750. The lowest BCUT2D eigenvalue weighted by molar-refractivity contribution is -0.0490. The third-order valence-corrected chi connectivity index (χ3v) is 4.42. The van der Waals surface area contributed by atoms with Gasteiger partial charge < -0.3 is 9.52 Å². The summed E-state index contributed by atoms with van der Waals surface area (Å²) in [6.45, 7) is 2.78. The fraction of sp³-hybridized carbons (Fsp3) is 0.412. The first-order valence-corrected chi connectivity index (χ1v) is 7.97. The fourth-order valence-corrected chi connectivity index (χ4v) is 3.42. The van der Waals surface area contributed by atoms with Crippen LogP contribution in [-0.2, 0) is 13.1 Å². The molecule has 4 rings (SSSR count). The van der Waals surface area contributed by atoms with Gasteiger partial charge in [-0.2, -0.15) is 0 Å². The number of β-amino-alcohol motifs (C(OH)–C–C–N with tert-alkyl or cyclic N) is 1. The Labute approximate surface area is 134 Å². The standard InChI is InChI=1S/C17H20N4O2/c22-17(13-21-9-7-18-19-21)6-3-8-20(12-17)11-15-10-14-4-1-2-5-16(14)23-15/h1-2,4-5,7,9-10,22H,3,6,8,11-13H2. The summed E-state index contributed by atoms with van der Waals surface area (Å²) in [4.78, 5) is 2.25. The number of likely N-dealkylation sites (tertiary alicyclic amines) is 1. The molecule has 0 saturated carbocycles. The van der Waals surface area contributed by atoms with E-state index in [2.05, 4.69) is 27.3 Å². The third kappa shape index (κ3) is 3.13. The number of furan rings is 1. The van der Waals surface area contributed by atoms with Gasteiger partial charge in [0.05, 0.1) is 24.9 Å². The number of benzene rings is 1. The largest absolute Gasteiger partial charge is 0.460 e. The molecule has 0 spiro atoms. The molecule has 2 aromatic heterocycles. The zero-order valence-corrected chi connectivity index (χ0v) is 12.9. The van der Waals surface area contributed by atoms with Crippen LogP contribution in [-0.4, -0.2) is 43.7 Å². The lowest BCUT2D eigenvalue weighted by Crippen LogP contribution is -2.50. The van der Waals surface area contributed by atoms with Gasteiger partial charge in [-0.05, 0) is 31.5 Å². The number of nitrogens with zero attached hydrogens (tertiary/aromatic N) is 4. The third-order valence-electron chi connectivity index (χ3n) is 4.42. The maximum atomic E-state index is 10.9. The molecular weight excluding hydrogens is 292 g/mol. The van der Waals surface area contributed by atoms with Crippen LogP contribution in [0, 0.1) is 0 Å². The predicted octanol–water partition coefficient (Wildman–Crippen LogP) is 2.05. The van der Waals surface area contributed by atoms with Crippen LogP contribution in [0.2, 0.25) is 0 Å². The Morgan fingerprint density at radius 2 is 2.22 bits per heavy atom. The van der Waals surface area contributed by atoms with Gasteiger partial charge in [-0.25, -0.2) is 4.68 Å². The summed E-state index contributed by atoms with van der Waals surface area (Å²) in [5.41, 5.74) is 0.148. The zero-order chi connectivity index (χ0) is 15.7. The van der Waals surface area contributed by atoms with Crippen LogP contribution >= 0.6 is 0 Å². The molecular formula is C17H20N4O2. The molecule has 0 bridgehead atoms. The minimum absolute atomic E-state index is 0.476. The van der Waals surface area contributed by atoms with Crippen molar-refractivity contribution >= 4 is 11.0 Å². The molecule has 0 aliphatic carbocycles. The van der Waals surface area contributed by atoms with Crippen molar-refractivity contribution in [1.82, 2.24) is 19.9 Å². The van der Waals surface area contributed by atoms with Crippen LogP contribution in [0.4, 0.5) is 0 Å². The Morgan fingerprint density at radius 1 is 1.30 bits per heavy atom. The highest BCUT2D eigenvalue weighted by atomic mass is 16.3. The summed E-state index contributed by atoms with van der Waals surface area (Å²) in [6.07, 6.45) is 5.17. The molecule has 6 heteroatoms. The molecule has 1 aliphatic rings. The summed E-state index contributed by atoms with van der Waals surface area (Å²) in [6, 6.07) is 10.1. The van der Waals surface area contributed by atoms with Crippen LogP contribution in [0.5, 0.6) is 0 Å². The average molecular weight is 312 g/mol. The number of aromatic nitrogens is 3. The first kappa shape index (κ1) is 14.4. The van der Waals surface area contributed by atoms with Gasteiger partial charge in [0.1, 0.15) is 11.3 Å². The highest BCUT2D eigenvalue weighted by molar-refractivity contribution is 5.77. The van der Waals surface area contributed by atoms with Gasteiger partial charge in [0.2, 0.25) is 0 Å². The summed E-state index contributed by atoms with van der Waals surface area (Å²) in [7, 11) is 0. The fourth-order valence-electron chi connectivity index (χ4n) is 3.42. The summed E-state index contributed by atoms with van der Waals surface area (Å²) >= 11 is 0. The van der Waals surface area contributed by atoms with Crippen LogP contribution < -0.4 is 0 Å². The van der Waals surface area contributed by atoms with E-state index in [0.29, 0.717) is 19.6 Å². The van der Waals surface area contributed by atoms with Gasteiger partial charge >= 0.3 is 0 Å². The van der Waals surface area contributed by atoms with E-state index in [1.165, 1.54) is 0 Å². The summed E-state index contributed by atoms with van der Waals surface area (Å²) in [5, 5.41) is 19.8. The Hall–Kier alpha value is -2.18. The Balaban J connectivity index is 1.46. The van der Waals surface area contributed by atoms with E-state index in [-0.39, 0.29) is 0 Å².